The summed E-state index contributed by atoms with van der Waals surface area (Å²) in [5, 5.41) is 0. The van der Waals surface area contributed by atoms with Crippen LogP contribution < -0.4 is 0 Å². The van der Waals surface area contributed by atoms with Crippen molar-refractivity contribution in [3.63, 3.8) is 0 Å². The van der Waals surface area contributed by atoms with E-state index in [0.29, 0.717) is 12.2 Å². The molecule has 0 aliphatic rings. The predicted octanol–water partition coefficient (Wildman–Crippen LogP) is 4.83. The Bertz CT molecular complexity index is 370. The lowest BCUT2D eigenvalue weighted by Gasteiger charge is -2.04. The number of carbonyl (C=O) groups is 1. The van der Waals surface area contributed by atoms with Crippen LogP contribution in [0.1, 0.15) is 67.8 Å². The van der Waals surface area contributed by atoms with Gasteiger partial charge in [-0.05, 0) is 25.5 Å². The molecule has 1 aromatic rings. The second-order valence-corrected chi connectivity index (χ2v) is 5.18. The van der Waals surface area contributed by atoms with Crippen molar-refractivity contribution in [2.75, 3.05) is 6.61 Å². The molecule has 0 aromatic heterocycles. The van der Waals surface area contributed by atoms with E-state index in [1.807, 2.05) is 19.1 Å². The molecule has 0 aliphatic carbocycles. The molecular weight excluding hydrogens is 252 g/mol. The van der Waals surface area contributed by atoms with Gasteiger partial charge in [-0.25, -0.2) is 4.79 Å². The highest BCUT2D eigenvalue weighted by Gasteiger charge is 2.07. The number of aryl methyl sites for hydroxylation is 1. The Labute approximate surface area is 122 Å². The second kappa shape index (κ2) is 10.4. The third-order valence-corrected chi connectivity index (χ3v) is 3.25. The van der Waals surface area contributed by atoms with E-state index in [2.05, 4.69) is 6.92 Å². The van der Waals surface area contributed by atoms with Gasteiger partial charge >= 0.3 is 5.97 Å². The van der Waals surface area contributed by atoms with Crippen molar-refractivity contribution in [1.29, 1.82) is 0 Å². The molecule has 0 N–H and O–H groups in total. The summed E-state index contributed by atoms with van der Waals surface area (Å²) in [5.41, 5.74) is 1.64. The Balaban J connectivity index is 2.01. The average molecular weight is 278 g/mol. The van der Waals surface area contributed by atoms with Crippen molar-refractivity contribution in [2.24, 2.45) is 0 Å². The summed E-state index contributed by atoms with van der Waals surface area (Å²) in [7, 11) is 0. The van der Waals surface area contributed by atoms with Crippen molar-refractivity contribution in [1.82, 2.24) is 0 Å². The van der Waals surface area contributed by atoms with E-state index in [9.17, 15) is 4.79 Å². The van der Waals surface area contributed by atoms with Gasteiger partial charge in [0.1, 0.15) is 0 Å². The molecule has 0 unspecified atom stereocenters. The van der Waals surface area contributed by atoms with Crippen LogP contribution >= 0.6 is 0 Å². The zero-order chi connectivity index (χ0) is 14.6. The van der Waals surface area contributed by atoms with Gasteiger partial charge in [0.2, 0.25) is 0 Å². The maximum absolute atomic E-state index is 11.6. The molecule has 0 heterocycles. The largest absolute Gasteiger partial charge is 0.373 e. The van der Waals surface area contributed by atoms with Crippen LogP contribution in [0.25, 0.3) is 0 Å². The van der Waals surface area contributed by atoms with Crippen LogP contribution in [-0.2, 0) is 9.78 Å². The van der Waals surface area contributed by atoms with Crippen LogP contribution in [-0.4, -0.2) is 12.6 Å². The standard InChI is InChI=1S/C17H26O3/c1-3-4-5-6-7-8-9-14-19-20-17(18)16-12-10-15(2)11-13-16/h10-13H,3-9,14H2,1-2H3. The minimum Gasteiger partial charge on any atom is -0.293 e. The lowest BCUT2D eigenvalue weighted by Crippen LogP contribution is -2.07. The number of rotatable bonds is 10. The molecule has 112 valence electrons. The fourth-order valence-electron chi connectivity index (χ4n) is 1.95. The van der Waals surface area contributed by atoms with Gasteiger partial charge in [-0.2, -0.15) is 4.89 Å². The molecule has 0 saturated carbocycles. The number of carbonyl (C=O) groups excluding carboxylic acids is 1. The fourth-order valence-corrected chi connectivity index (χ4v) is 1.95. The molecule has 0 aliphatic heterocycles. The molecule has 0 bridgehead atoms. The summed E-state index contributed by atoms with van der Waals surface area (Å²) in [4.78, 5) is 21.3. The molecular formula is C17H26O3. The van der Waals surface area contributed by atoms with Gasteiger partial charge in [0.15, 0.2) is 0 Å². The van der Waals surface area contributed by atoms with E-state index in [1.165, 1.54) is 32.1 Å². The Morgan fingerprint density at radius 3 is 2.20 bits per heavy atom. The Morgan fingerprint density at radius 2 is 1.55 bits per heavy atom. The molecule has 0 fully saturated rings. The first-order chi connectivity index (χ1) is 9.74. The van der Waals surface area contributed by atoms with Crippen LogP contribution in [0.2, 0.25) is 0 Å². The minimum absolute atomic E-state index is 0.423. The van der Waals surface area contributed by atoms with E-state index < -0.39 is 5.97 Å². The summed E-state index contributed by atoms with van der Waals surface area (Å²) in [6.07, 6.45) is 8.51. The third-order valence-electron chi connectivity index (χ3n) is 3.25. The summed E-state index contributed by atoms with van der Waals surface area (Å²) >= 11 is 0. The third kappa shape index (κ3) is 7.29. The molecule has 0 saturated heterocycles. The molecule has 0 radical (unpaired) electrons. The van der Waals surface area contributed by atoms with Crippen LogP contribution in [0.5, 0.6) is 0 Å². The van der Waals surface area contributed by atoms with Gasteiger partial charge < -0.3 is 0 Å². The molecule has 0 amide bonds. The highest BCUT2D eigenvalue weighted by Crippen LogP contribution is 2.08. The molecule has 1 rings (SSSR count). The molecule has 3 heteroatoms. The van der Waals surface area contributed by atoms with E-state index in [4.69, 9.17) is 9.78 Å². The maximum atomic E-state index is 11.6. The van der Waals surface area contributed by atoms with Crippen molar-refractivity contribution in [3.8, 4) is 0 Å². The van der Waals surface area contributed by atoms with E-state index in [0.717, 1.165) is 18.4 Å². The van der Waals surface area contributed by atoms with E-state index >= 15 is 0 Å². The minimum atomic E-state index is -0.423. The van der Waals surface area contributed by atoms with E-state index in [-0.39, 0.29) is 0 Å². The summed E-state index contributed by atoms with van der Waals surface area (Å²) < 4.78 is 0. The van der Waals surface area contributed by atoms with Gasteiger partial charge in [0.05, 0.1) is 12.2 Å². The zero-order valence-corrected chi connectivity index (χ0v) is 12.7. The average Bonchev–Trinajstić information content (AvgIpc) is 2.46. The summed E-state index contributed by atoms with van der Waals surface area (Å²) in [5.74, 6) is -0.423. The fraction of sp³-hybridized carbons (Fsp3) is 0.588. The zero-order valence-electron chi connectivity index (χ0n) is 12.7. The van der Waals surface area contributed by atoms with Crippen LogP contribution in [0.15, 0.2) is 24.3 Å². The highest BCUT2D eigenvalue weighted by atomic mass is 17.2. The quantitative estimate of drug-likeness (QED) is 0.349. The number of hydrogen-bond acceptors (Lipinski definition) is 3. The van der Waals surface area contributed by atoms with Gasteiger partial charge in [0.25, 0.3) is 0 Å². The van der Waals surface area contributed by atoms with Gasteiger partial charge in [0, 0.05) is 0 Å². The van der Waals surface area contributed by atoms with Crippen molar-refractivity contribution in [2.45, 2.75) is 58.8 Å². The Morgan fingerprint density at radius 1 is 0.950 bits per heavy atom. The molecule has 1 aromatic carbocycles. The SMILES string of the molecule is CCCCCCCCCOOC(=O)c1ccc(C)cc1. The number of benzene rings is 1. The Hall–Kier alpha value is -1.35. The smallest absolute Gasteiger partial charge is 0.293 e. The van der Waals surface area contributed by atoms with Crippen LogP contribution in [0.4, 0.5) is 0 Å². The summed E-state index contributed by atoms with van der Waals surface area (Å²) in [6.45, 7) is 4.67. The first kappa shape index (κ1) is 16.7. The predicted molar refractivity (Wildman–Crippen MR) is 80.5 cm³/mol. The van der Waals surface area contributed by atoms with Gasteiger partial charge in [-0.15, -0.1) is 0 Å². The second-order valence-electron chi connectivity index (χ2n) is 5.18. The van der Waals surface area contributed by atoms with Crippen LogP contribution in [0, 0.1) is 6.92 Å². The maximum Gasteiger partial charge on any atom is 0.373 e. The highest BCUT2D eigenvalue weighted by molar-refractivity contribution is 5.88. The van der Waals surface area contributed by atoms with Crippen molar-refractivity contribution >= 4 is 5.97 Å². The lowest BCUT2D eigenvalue weighted by molar-refractivity contribution is -0.241. The molecule has 0 atom stereocenters. The number of hydrogen-bond donors (Lipinski definition) is 0. The molecule has 3 nitrogen and oxygen atoms in total. The lowest BCUT2D eigenvalue weighted by atomic mass is 10.1. The van der Waals surface area contributed by atoms with Crippen molar-refractivity contribution < 1.29 is 14.6 Å². The van der Waals surface area contributed by atoms with Gasteiger partial charge in [-0.3, -0.25) is 4.89 Å². The summed E-state index contributed by atoms with van der Waals surface area (Å²) in [6, 6.07) is 7.25. The molecule has 0 spiro atoms. The first-order valence-electron chi connectivity index (χ1n) is 7.64. The molecule has 20 heavy (non-hydrogen) atoms. The van der Waals surface area contributed by atoms with Crippen LogP contribution in [0.3, 0.4) is 0 Å². The van der Waals surface area contributed by atoms with Crippen molar-refractivity contribution in [3.05, 3.63) is 35.4 Å². The number of unbranched alkanes of at least 4 members (excludes halogenated alkanes) is 6. The normalized spacial score (nSPS) is 10.5. The van der Waals surface area contributed by atoms with E-state index in [1.54, 1.807) is 12.1 Å². The first-order valence-corrected chi connectivity index (χ1v) is 7.64. The Kier molecular flexibility index (Phi) is 8.72. The monoisotopic (exact) mass is 278 g/mol. The topological polar surface area (TPSA) is 35.5 Å². The van der Waals surface area contributed by atoms with Gasteiger partial charge in [-0.1, -0.05) is 63.1 Å².